The second kappa shape index (κ2) is 6.03. The lowest BCUT2D eigenvalue weighted by Gasteiger charge is -2.09. The summed E-state index contributed by atoms with van der Waals surface area (Å²) in [5, 5.41) is 14.9. The average molecular weight is 265 g/mol. The smallest absolute Gasteiger partial charge is 0.0622 e. The number of hydrogen-bond acceptors (Lipinski definition) is 2. The zero-order valence-electron chi connectivity index (χ0n) is 10.4. The molecule has 0 aliphatic heterocycles. The van der Waals surface area contributed by atoms with E-state index in [0.29, 0.717) is 17.9 Å². The molecule has 0 bridgehead atoms. The fourth-order valence-electron chi connectivity index (χ4n) is 1.96. The fourth-order valence-corrected chi connectivity index (χ4v) is 2.18. The second-order valence-electron chi connectivity index (χ2n) is 4.40. The van der Waals surface area contributed by atoms with Crippen molar-refractivity contribution < 1.29 is 5.11 Å². The van der Waals surface area contributed by atoms with Gasteiger partial charge in [0.2, 0.25) is 0 Å². The molecule has 0 radical (unpaired) electrons. The third-order valence-corrected chi connectivity index (χ3v) is 3.08. The highest BCUT2D eigenvalue weighted by atomic mass is 35.5. The third-order valence-electron chi connectivity index (χ3n) is 2.84. The van der Waals surface area contributed by atoms with E-state index in [1.807, 2.05) is 48.3 Å². The molecule has 96 valence electrons. The molecule has 0 aliphatic rings. The van der Waals surface area contributed by atoms with Crippen LogP contribution in [0.2, 0.25) is 5.02 Å². The summed E-state index contributed by atoms with van der Waals surface area (Å²) in [5.74, 6) is 0. The van der Waals surface area contributed by atoms with Crippen LogP contribution in [-0.2, 0) is 19.4 Å². The van der Waals surface area contributed by atoms with Crippen LogP contribution in [0.3, 0.4) is 0 Å². The molecule has 3 nitrogen and oxygen atoms in total. The van der Waals surface area contributed by atoms with Crippen molar-refractivity contribution in [3.8, 4) is 0 Å². The Kier molecular flexibility index (Phi) is 4.39. The molecule has 1 heterocycles. The number of halogens is 1. The Labute approximate surface area is 112 Å². The molecule has 2 rings (SSSR count). The molecule has 0 saturated carbocycles. The van der Waals surface area contributed by atoms with Crippen LogP contribution in [0.1, 0.15) is 18.1 Å². The van der Waals surface area contributed by atoms with E-state index in [1.165, 1.54) is 0 Å². The van der Waals surface area contributed by atoms with Gasteiger partial charge in [-0.2, -0.15) is 5.10 Å². The molecular formula is C14H17ClN2O. The monoisotopic (exact) mass is 264 g/mol. The maximum absolute atomic E-state index is 10.0. The molecule has 0 aliphatic carbocycles. The largest absolute Gasteiger partial charge is 0.392 e. The summed E-state index contributed by atoms with van der Waals surface area (Å²) in [6.07, 6.45) is 4.61. The number of aliphatic hydroxyl groups excluding tert-OH is 1. The van der Waals surface area contributed by atoms with Gasteiger partial charge in [0, 0.05) is 24.2 Å². The number of hydrogen-bond donors (Lipinski definition) is 1. The van der Waals surface area contributed by atoms with E-state index in [-0.39, 0.29) is 0 Å². The summed E-state index contributed by atoms with van der Waals surface area (Å²) in [5.41, 5.74) is 2.12. The summed E-state index contributed by atoms with van der Waals surface area (Å²) in [4.78, 5) is 0. The number of aliphatic hydroxyl groups is 1. The molecule has 4 heteroatoms. The summed E-state index contributed by atoms with van der Waals surface area (Å²) >= 11 is 5.92. The standard InChI is InChI=1S/C14H17ClN2O/c1-2-17-10-12(9-16-17)8-14(18)7-11-4-3-5-13(15)6-11/h3-6,9-10,14,18H,2,7-8H2,1H3. The van der Waals surface area contributed by atoms with E-state index in [4.69, 9.17) is 11.6 Å². The van der Waals surface area contributed by atoms with Crippen LogP contribution in [0.15, 0.2) is 36.7 Å². The van der Waals surface area contributed by atoms with Crippen LogP contribution in [0.5, 0.6) is 0 Å². The molecule has 1 unspecified atom stereocenters. The van der Waals surface area contributed by atoms with Crippen molar-refractivity contribution in [3.05, 3.63) is 52.8 Å². The lowest BCUT2D eigenvalue weighted by Crippen LogP contribution is -2.13. The number of aryl methyl sites for hydroxylation is 1. The Bertz CT molecular complexity index is 510. The van der Waals surface area contributed by atoms with Gasteiger partial charge in [-0.25, -0.2) is 0 Å². The van der Waals surface area contributed by atoms with Crippen LogP contribution in [-0.4, -0.2) is 21.0 Å². The van der Waals surface area contributed by atoms with Crippen molar-refractivity contribution in [1.29, 1.82) is 0 Å². The Hall–Kier alpha value is -1.32. The van der Waals surface area contributed by atoms with E-state index < -0.39 is 6.10 Å². The summed E-state index contributed by atoms with van der Waals surface area (Å²) in [6.45, 7) is 2.89. The highest BCUT2D eigenvalue weighted by Crippen LogP contribution is 2.14. The first-order valence-corrected chi connectivity index (χ1v) is 6.49. The molecule has 0 amide bonds. The molecule has 1 atom stereocenters. The highest BCUT2D eigenvalue weighted by molar-refractivity contribution is 6.30. The highest BCUT2D eigenvalue weighted by Gasteiger charge is 2.08. The van der Waals surface area contributed by atoms with Gasteiger partial charge in [-0.15, -0.1) is 0 Å². The molecule has 0 saturated heterocycles. The van der Waals surface area contributed by atoms with E-state index in [2.05, 4.69) is 5.10 Å². The van der Waals surface area contributed by atoms with E-state index in [1.54, 1.807) is 0 Å². The Morgan fingerprint density at radius 2 is 2.11 bits per heavy atom. The lowest BCUT2D eigenvalue weighted by molar-refractivity contribution is 0.175. The minimum absolute atomic E-state index is 0.405. The Balaban J connectivity index is 1.94. The predicted octanol–water partition coefficient (Wildman–Crippen LogP) is 2.70. The number of nitrogens with zero attached hydrogens (tertiary/aromatic N) is 2. The van der Waals surface area contributed by atoms with Crippen molar-refractivity contribution >= 4 is 11.6 Å². The van der Waals surface area contributed by atoms with Crippen LogP contribution in [0, 0.1) is 0 Å². The maximum Gasteiger partial charge on any atom is 0.0622 e. The number of benzene rings is 1. The van der Waals surface area contributed by atoms with Crippen molar-refractivity contribution in [3.63, 3.8) is 0 Å². The van der Waals surface area contributed by atoms with Crippen molar-refractivity contribution in [1.82, 2.24) is 9.78 Å². The SMILES string of the molecule is CCn1cc(CC(O)Cc2cccc(Cl)c2)cn1. The van der Waals surface area contributed by atoms with Gasteiger partial charge in [0.05, 0.1) is 12.3 Å². The van der Waals surface area contributed by atoms with Crippen LogP contribution in [0.25, 0.3) is 0 Å². The minimum Gasteiger partial charge on any atom is -0.392 e. The van der Waals surface area contributed by atoms with Crippen LogP contribution < -0.4 is 0 Å². The molecule has 0 spiro atoms. The summed E-state index contributed by atoms with van der Waals surface area (Å²) in [6, 6.07) is 7.60. The molecule has 2 aromatic rings. The summed E-state index contributed by atoms with van der Waals surface area (Å²) in [7, 11) is 0. The fraction of sp³-hybridized carbons (Fsp3) is 0.357. The molecule has 18 heavy (non-hydrogen) atoms. The predicted molar refractivity (Wildman–Crippen MR) is 72.8 cm³/mol. The maximum atomic E-state index is 10.0. The van der Waals surface area contributed by atoms with Crippen LogP contribution in [0.4, 0.5) is 0 Å². The van der Waals surface area contributed by atoms with Gasteiger partial charge in [-0.1, -0.05) is 23.7 Å². The normalized spacial score (nSPS) is 12.6. The van der Waals surface area contributed by atoms with E-state index in [9.17, 15) is 5.11 Å². The first kappa shape index (κ1) is 13.1. The Morgan fingerprint density at radius 3 is 2.78 bits per heavy atom. The van der Waals surface area contributed by atoms with Crippen molar-refractivity contribution in [2.24, 2.45) is 0 Å². The van der Waals surface area contributed by atoms with Crippen molar-refractivity contribution in [2.75, 3.05) is 0 Å². The van der Waals surface area contributed by atoms with Gasteiger partial charge in [0.15, 0.2) is 0 Å². The van der Waals surface area contributed by atoms with Crippen molar-refractivity contribution in [2.45, 2.75) is 32.4 Å². The van der Waals surface area contributed by atoms with Gasteiger partial charge in [0.1, 0.15) is 0 Å². The quantitative estimate of drug-likeness (QED) is 0.902. The second-order valence-corrected chi connectivity index (χ2v) is 4.83. The Morgan fingerprint density at radius 1 is 1.33 bits per heavy atom. The number of aromatic nitrogens is 2. The molecule has 1 N–H and O–H groups in total. The van der Waals surface area contributed by atoms with Gasteiger partial charge >= 0.3 is 0 Å². The first-order chi connectivity index (χ1) is 8.67. The molecule has 1 aromatic heterocycles. The summed E-state index contributed by atoms with van der Waals surface area (Å²) < 4.78 is 1.86. The van der Waals surface area contributed by atoms with Gasteiger partial charge < -0.3 is 5.11 Å². The van der Waals surface area contributed by atoms with Gasteiger partial charge in [-0.3, -0.25) is 4.68 Å². The molecule has 0 fully saturated rings. The third kappa shape index (κ3) is 3.59. The molecular weight excluding hydrogens is 248 g/mol. The van der Waals surface area contributed by atoms with Gasteiger partial charge in [-0.05, 0) is 36.6 Å². The number of rotatable bonds is 5. The minimum atomic E-state index is -0.405. The lowest BCUT2D eigenvalue weighted by atomic mass is 10.0. The zero-order chi connectivity index (χ0) is 13.0. The molecule has 1 aromatic carbocycles. The first-order valence-electron chi connectivity index (χ1n) is 6.11. The van der Waals surface area contributed by atoms with Gasteiger partial charge in [0.25, 0.3) is 0 Å². The van der Waals surface area contributed by atoms with E-state index in [0.717, 1.165) is 17.7 Å². The zero-order valence-corrected chi connectivity index (χ0v) is 11.1. The topological polar surface area (TPSA) is 38.0 Å². The van der Waals surface area contributed by atoms with Crippen LogP contribution >= 0.6 is 11.6 Å². The average Bonchev–Trinajstić information content (AvgIpc) is 2.76. The van der Waals surface area contributed by atoms with E-state index >= 15 is 0 Å².